The van der Waals surface area contributed by atoms with Crippen LogP contribution in [-0.4, -0.2) is 15.9 Å². The van der Waals surface area contributed by atoms with E-state index in [1.54, 1.807) is 0 Å². The highest BCUT2D eigenvalue weighted by molar-refractivity contribution is 6.31. The van der Waals surface area contributed by atoms with Gasteiger partial charge in [0.25, 0.3) is 5.91 Å². The number of amides is 1. The molecule has 2 N–H and O–H groups in total. The molecular weight excluding hydrogens is 350 g/mol. The first-order valence-corrected chi connectivity index (χ1v) is 7.51. The van der Waals surface area contributed by atoms with Crippen LogP contribution >= 0.6 is 11.6 Å². The molecule has 0 unspecified atom stereocenters. The van der Waals surface area contributed by atoms with E-state index in [4.69, 9.17) is 11.6 Å². The zero-order chi connectivity index (χ0) is 17.8. The van der Waals surface area contributed by atoms with Gasteiger partial charge in [-0.15, -0.1) is 0 Å². The summed E-state index contributed by atoms with van der Waals surface area (Å²) >= 11 is 5.68. The molecule has 0 radical (unpaired) electrons. The van der Waals surface area contributed by atoms with Crippen LogP contribution in [0.2, 0.25) is 5.02 Å². The summed E-state index contributed by atoms with van der Waals surface area (Å²) in [6.07, 6.45) is 1.41. The molecule has 0 saturated carbocycles. The summed E-state index contributed by atoms with van der Waals surface area (Å²) in [5.74, 6) is -1.27. The Bertz CT molecular complexity index is 919. The van der Waals surface area contributed by atoms with Gasteiger partial charge in [0, 0.05) is 17.6 Å². The Hall–Kier alpha value is -3.06. The molecule has 0 aliphatic heterocycles. The van der Waals surface area contributed by atoms with Crippen molar-refractivity contribution < 1.29 is 13.6 Å². The number of rotatable bonds is 4. The van der Waals surface area contributed by atoms with Crippen LogP contribution in [-0.2, 0) is 0 Å². The molecule has 3 rings (SSSR count). The van der Waals surface area contributed by atoms with E-state index in [1.807, 2.05) is 0 Å². The first-order chi connectivity index (χ1) is 12.0. The standard InChI is InChI=1S/C17H11ClF2N4O/c18-13-9-12(5-6-14(13)20)22-16(25)15-7-8-21-17(24-15)23-11-3-1-10(19)2-4-11/h1-9H,(H,22,25)(H,21,23,24). The molecule has 1 amide bonds. The molecule has 1 aromatic heterocycles. The van der Waals surface area contributed by atoms with Gasteiger partial charge >= 0.3 is 0 Å². The van der Waals surface area contributed by atoms with Crippen LogP contribution in [0.3, 0.4) is 0 Å². The molecule has 0 atom stereocenters. The van der Waals surface area contributed by atoms with E-state index in [-0.39, 0.29) is 22.5 Å². The lowest BCUT2D eigenvalue weighted by Crippen LogP contribution is -2.14. The van der Waals surface area contributed by atoms with E-state index >= 15 is 0 Å². The minimum Gasteiger partial charge on any atom is -0.324 e. The number of nitrogens with zero attached hydrogens (tertiary/aromatic N) is 2. The molecule has 0 saturated heterocycles. The summed E-state index contributed by atoms with van der Waals surface area (Å²) in [5, 5.41) is 5.34. The summed E-state index contributed by atoms with van der Waals surface area (Å²) in [6, 6.07) is 10.9. The van der Waals surface area contributed by atoms with Crippen LogP contribution in [0.5, 0.6) is 0 Å². The maximum absolute atomic E-state index is 13.1. The molecule has 5 nitrogen and oxygen atoms in total. The normalized spacial score (nSPS) is 10.4. The van der Waals surface area contributed by atoms with Gasteiger partial charge in [-0.25, -0.2) is 18.7 Å². The summed E-state index contributed by atoms with van der Waals surface area (Å²) < 4.78 is 26.1. The number of anilines is 3. The third-order valence-corrected chi connectivity index (χ3v) is 3.46. The Morgan fingerprint density at radius 2 is 1.72 bits per heavy atom. The van der Waals surface area contributed by atoms with Crippen molar-refractivity contribution in [2.45, 2.75) is 0 Å². The minimum absolute atomic E-state index is 0.0973. The fourth-order valence-corrected chi connectivity index (χ4v) is 2.16. The van der Waals surface area contributed by atoms with Gasteiger partial charge in [-0.2, -0.15) is 0 Å². The van der Waals surface area contributed by atoms with Gasteiger partial charge in [0.05, 0.1) is 5.02 Å². The number of halogens is 3. The summed E-state index contributed by atoms with van der Waals surface area (Å²) in [7, 11) is 0. The van der Waals surface area contributed by atoms with Crippen molar-refractivity contribution in [1.29, 1.82) is 0 Å². The quantitative estimate of drug-likeness (QED) is 0.723. The SMILES string of the molecule is O=C(Nc1ccc(F)c(Cl)c1)c1ccnc(Nc2ccc(F)cc2)n1. The first-order valence-electron chi connectivity index (χ1n) is 7.13. The number of nitrogens with one attached hydrogen (secondary N) is 2. The van der Waals surface area contributed by atoms with E-state index < -0.39 is 11.7 Å². The highest BCUT2D eigenvalue weighted by Gasteiger charge is 2.11. The Labute approximate surface area is 146 Å². The lowest BCUT2D eigenvalue weighted by atomic mass is 10.3. The molecule has 3 aromatic rings. The average Bonchev–Trinajstić information content (AvgIpc) is 2.60. The smallest absolute Gasteiger partial charge is 0.274 e. The summed E-state index contributed by atoms with van der Waals surface area (Å²) in [4.78, 5) is 20.3. The lowest BCUT2D eigenvalue weighted by molar-refractivity contribution is 0.102. The third kappa shape index (κ3) is 4.27. The van der Waals surface area contributed by atoms with Crippen molar-refractivity contribution >= 4 is 34.8 Å². The monoisotopic (exact) mass is 360 g/mol. The van der Waals surface area contributed by atoms with E-state index in [0.717, 1.165) is 6.07 Å². The molecule has 0 spiro atoms. The van der Waals surface area contributed by atoms with Crippen molar-refractivity contribution in [3.05, 3.63) is 77.1 Å². The van der Waals surface area contributed by atoms with Crippen molar-refractivity contribution in [1.82, 2.24) is 9.97 Å². The maximum atomic E-state index is 13.1. The van der Waals surface area contributed by atoms with E-state index in [9.17, 15) is 13.6 Å². The zero-order valence-corrected chi connectivity index (χ0v) is 13.4. The third-order valence-electron chi connectivity index (χ3n) is 3.17. The lowest BCUT2D eigenvalue weighted by Gasteiger charge is -2.08. The number of carbonyl (C=O) groups is 1. The second kappa shape index (κ2) is 7.23. The molecule has 0 bridgehead atoms. The second-order valence-corrected chi connectivity index (χ2v) is 5.39. The number of hydrogen-bond acceptors (Lipinski definition) is 4. The molecule has 0 fully saturated rings. The van der Waals surface area contributed by atoms with Crippen molar-refractivity contribution in [2.75, 3.05) is 10.6 Å². The highest BCUT2D eigenvalue weighted by Crippen LogP contribution is 2.20. The fraction of sp³-hybridized carbons (Fsp3) is 0. The molecule has 126 valence electrons. The second-order valence-electron chi connectivity index (χ2n) is 4.98. The average molecular weight is 361 g/mol. The van der Waals surface area contributed by atoms with Crippen LogP contribution < -0.4 is 10.6 Å². The number of carbonyl (C=O) groups excluding carboxylic acids is 1. The van der Waals surface area contributed by atoms with Gasteiger partial charge in [-0.05, 0) is 48.5 Å². The topological polar surface area (TPSA) is 66.9 Å². The molecule has 1 heterocycles. The van der Waals surface area contributed by atoms with E-state index in [2.05, 4.69) is 20.6 Å². The van der Waals surface area contributed by atoms with Gasteiger partial charge in [-0.3, -0.25) is 4.79 Å². The number of hydrogen-bond donors (Lipinski definition) is 2. The molecule has 25 heavy (non-hydrogen) atoms. The molecule has 8 heteroatoms. The van der Waals surface area contributed by atoms with Crippen LogP contribution in [0.15, 0.2) is 54.7 Å². The van der Waals surface area contributed by atoms with Crippen molar-refractivity contribution in [3.8, 4) is 0 Å². The van der Waals surface area contributed by atoms with Gasteiger partial charge in [0.2, 0.25) is 5.95 Å². The molecular formula is C17H11ClF2N4O. The number of benzene rings is 2. The van der Waals surface area contributed by atoms with Crippen molar-refractivity contribution in [3.63, 3.8) is 0 Å². The Balaban J connectivity index is 1.74. The fourth-order valence-electron chi connectivity index (χ4n) is 1.98. The minimum atomic E-state index is -0.576. The maximum Gasteiger partial charge on any atom is 0.274 e. The molecule has 0 aliphatic rings. The van der Waals surface area contributed by atoms with Crippen molar-refractivity contribution in [2.24, 2.45) is 0 Å². The number of aromatic nitrogens is 2. The predicted molar refractivity (Wildman–Crippen MR) is 91.1 cm³/mol. The van der Waals surface area contributed by atoms with Crippen LogP contribution in [0.4, 0.5) is 26.1 Å². The Morgan fingerprint density at radius 3 is 2.44 bits per heavy atom. The van der Waals surface area contributed by atoms with Crippen LogP contribution in [0.1, 0.15) is 10.5 Å². The van der Waals surface area contributed by atoms with Gasteiger partial charge in [0.1, 0.15) is 17.3 Å². The summed E-state index contributed by atoms with van der Waals surface area (Å²) in [5.41, 5.74) is 1.01. The predicted octanol–water partition coefficient (Wildman–Crippen LogP) is 4.40. The van der Waals surface area contributed by atoms with Crippen LogP contribution in [0.25, 0.3) is 0 Å². The Kier molecular flexibility index (Phi) is 4.85. The van der Waals surface area contributed by atoms with E-state index in [0.29, 0.717) is 11.4 Å². The zero-order valence-electron chi connectivity index (χ0n) is 12.6. The van der Waals surface area contributed by atoms with E-state index in [1.165, 1.54) is 48.7 Å². The largest absolute Gasteiger partial charge is 0.324 e. The molecule has 0 aliphatic carbocycles. The molecule has 2 aromatic carbocycles. The van der Waals surface area contributed by atoms with Gasteiger partial charge in [0.15, 0.2) is 0 Å². The summed E-state index contributed by atoms with van der Waals surface area (Å²) in [6.45, 7) is 0. The Morgan fingerprint density at radius 1 is 1.00 bits per heavy atom. The first kappa shape index (κ1) is 16.8. The van der Waals surface area contributed by atoms with Gasteiger partial charge in [-0.1, -0.05) is 11.6 Å². The van der Waals surface area contributed by atoms with Gasteiger partial charge < -0.3 is 10.6 Å². The highest BCUT2D eigenvalue weighted by atomic mass is 35.5. The van der Waals surface area contributed by atoms with Crippen LogP contribution in [0, 0.1) is 11.6 Å².